The SMILES string of the molecule is CCOC(=O)C1CCN(C(=O)COC(=O)c2csc(NC(C)=O)n2)CC1. The first-order valence-electron chi connectivity index (χ1n) is 8.25. The van der Waals surface area contributed by atoms with Crippen molar-refractivity contribution in [1.82, 2.24) is 9.88 Å². The number of aromatic nitrogens is 1. The topological polar surface area (TPSA) is 115 Å². The van der Waals surface area contributed by atoms with Gasteiger partial charge in [-0.15, -0.1) is 11.3 Å². The molecule has 1 N–H and O–H groups in total. The molecular weight excluding hydrogens is 362 g/mol. The minimum Gasteiger partial charge on any atom is -0.466 e. The Morgan fingerprint density at radius 2 is 1.96 bits per heavy atom. The molecule has 142 valence electrons. The number of nitrogens with one attached hydrogen (secondary N) is 1. The second kappa shape index (κ2) is 9.27. The van der Waals surface area contributed by atoms with Crippen molar-refractivity contribution in [2.24, 2.45) is 5.92 Å². The fourth-order valence-corrected chi connectivity index (χ4v) is 3.22. The molecule has 0 unspecified atom stereocenters. The summed E-state index contributed by atoms with van der Waals surface area (Å²) in [5, 5.41) is 4.20. The number of anilines is 1. The van der Waals surface area contributed by atoms with Gasteiger partial charge in [-0.25, -0.2) is 9.78 Å². The molecule has 1 aliphatic rings. The molecular formula is C16H21N3O6S. The highest BCUT2D eigenvalue weighted by atomic mass is 32.1. The number of piperidine rings is 1. The van der Waals surface area contributed by atoms with Crippen LogP contribution in [0, 0.1) is 5.92 Å². The lowest BCUT2D eigenvalue weighted by atomic mass is 9.97. The van der Waals surface area contributed by atoms with Crippen LogP contribution < -0.4 is 5.32 Å². The molecule has 0 aliphatic carbocycles. The zero-order chi connectivity index (χ0) is 19.1. The second-order valence-corrected chi connectivity index (χ2v) is 6.56. The largest absolute Gasteiger partial charge is 0.466 e. The van der Waals surface area contributed by atoms with Gasteiger partial charge in [-0.05, 0) is 19.8 Å². The van der Waals surface area contributed by atoms with Crippen molar-refractivity contribution < 1.29 is 28.7 Å². The van der Waals surface area contributed by atoms with Gasteiger partial charge < -0.3 is 19.7 Å². The van der Waals surface area contributed by atoms with E-state index in [1.165, 1.54) is 12.3 Å². The lowest BCUT2D eigenvalue weighted by Gasteiger charge is -2.30. The number of rotatable bonds is 6. The Labute approximate surface area is 154 Å². The van der Waals surface area contributed by atoms with Crippen molar-refractivity contribution in [3.05, 3.63) is 11.1 Å². The van der Waals surface area contributed by atoms with Crippen LogP contribution >= 0.6 is 11.3 Å². The first-order chi connectivity index (χ1) is 12.4. The molecule has 0 radical (unpaired) electrons. The van der Waals surface area contributed by atoms with Crippen molar-refractivity contribution in [3.63, 3.8) is 0 Å². The van der Waals surface area contributed by atoms with Crippen molar-refractivity contribution >= 4 is 40.2 Å². The fourth-order valence-electron chi connectivity index (χ4n) is 2.49. The zero-order valence-electron chi connectivity index (χ0n) is 14.6. The zero-order valence-corrected chi connectivity index (χ0v) is 15.5. The van der Waals surface area contributed by atoms with E-state index < -0.39 is 12.6 Å². The van der Waals surface area contributed by atoms with Gasteiger partial charge in [-0.2, -0.15) is 0 Å². The quantitative estimate of drug-likeness (QED) is 0.730. The van der Waals surface area contributed by atoms with Gasteiger partial charge in [0.2, 0.25) is 5.91 Å². The highest BCUT2D eigenvalue weighted by molar-refractivity contribution is 7.14. The summed E-state index contributed by atoms with van der Waals surface area (Å²) >= 11 is 1.09. The maximum Gasteiger partial charge on any atom is 0.358 e. The van der Waals surface area contributed by atoms with Gasteiger partial charge >= 0.3 is 11.9 Å². The molecule has 0 aromatic carbocycles. The number of ether oxygens (including phenoxy) is 2. The molecule has 1 saturated heterocycles. The number of nitrogens with zero attached hydrogens (tertiary/aromatic N) is 2. The molecule has 2 amide bonds. The van der Waals surface area contributed by atoms with Crippen LogP contribution in [0.2, 0.25) is 0 Å². The summed E-state index contributed by atoms with van der Waals surface area (Å²) in [6.45, 7) is 3.88. The van der Waals surface area contributed by atoms with Gasteiger partial charge in [0.25, 0.3) is 5.91 Å². The molecule has 0 atom stereocenters. The highest BCUT2D eigenvalue weighted by Crippen LogP contribution is 2.19. The van der Waals surface area contributed by atoms with Crippen LogP contribution in [-0.2, 0) is 23.9 Å². The Balaban J connectivity index is 1.76. The van der Waals surface area contributed by atoms with Crippen LogP contribution in [0.3, 0.4) is 0 Å². The number of likely N-dealkylation sites (tertiary alicyclic amines) is 1. The van der Waals surface area contributed by atoms with Gasteiger partial charge in [0.15, 0.2) is 17.4 Å². The number of amides is 2. The maximum atomic E-state index is 12.1. The molecule has 0 saturated carbocycles. The number of hydrogen-bond acceptors (Lipinski definition) is 8. The minimum absolute atomic E-state index is 0.0348. The van der Waals surface area contributed by atoms with Crippen molar-refractivity contribution in [2.45, 2.75) is 26.7 Å². The Morgan fingerprint density at radius 3 is 2.58 bits per heavy atom. The van der Waals surface area contributed by atoms with Crippen LogP contribution in [0.4, 0.5) is 5.13 Å². The molecule has 9 nitrogen and oxygen atoms in total. The van der Waals surface area contributed by atoms with Crippen LogP contribution in [0.15, 0.2) is 5.38 Å². The van der Waals surface area contributed by atoms with Crippen molar-refractivity contribution in [1.29, 1.82) is 0 Å². The van der Waals surface area contributed by atoms with E-state index in [1.54, 1.807) is 11.8 Å². The average Bonchev–Trinajstić information content (AvgIpc) is 3.07. The van der Waals surface area contributed by atoms with Crippen molar-refractivity contribution in [3.8, 4) is 0 Å². The maximum absolute atomic E-state index is 12.1. The number of carbonyl (C=O) groups is 4. The smallest absolute Gasteiger partial charge is 0.358 e. The summed E-state index contributed by atoms with van der Waals surface area (Å²) < 4.78 is 9.97. The van der Waals surface area contributed by atoms with Crippen LogP contribution in [0.5, 0.6) is 0 Å². The number of thiazole rings is 1. The number of esters is 2. The predicted molar refractivity (Wildman–Crippen MR) is 92.6 cm³/mol. The van der Waals surface area contributed by atoms with E-state index in [1.807, 2.05) is 0 Å². The first-order valence-corrected chi connectivity index (χ1v) is 9.13. The van der Waals surface area contributed by atoms with Crippen LogP contribution in [0.25, 0.3) is 0 Å². The summed E-state index contributed by atoms with van der Waals surface area (Å²) in [4.78, 5) is 52.2. The first kappa shape index (κ1) is 19.8. The lowest BCUT2D eigenvalue weighted by Crippen LogP contribution is -2.42. The van der Waals surface area contributed by atoms with E-state index in [0.29, 0.717) is 32.5 Å². The third-order valence-electron chi connectivity index (χ3n) is 3.79. The average molecular weight is 383 g/mol. The normalized spacial score (nSPS) is 14.6. The van der Waals surface area contributed by atoms with Gasteiger partial charge in [0.05, 0.1) is 12.5 Å². The summed E-state index contributed by atoms with van der Waals surface area (Å²) in [5.74, 6) is -1.76. The van der Waals surface area contributed by atoms with E-state index in [2.05, 4.69) is 10.3 Å². The van der Waals surface area contributed by atoms with Crippen molar-refractivity contribution in [2.75, 3.05) is 31.6 Å². The summed E-state index contributed by atoms with van der Waals surface area (Å²) in [5.41, 5.74) is 0.0348. The van der Waals surface area contributed by atoms with E-state index in [4.69, 9.17) is 9.47 Å². The van der Waals surface area contributed by atoms with Crippen LogP contribution in [0.1, 0.15) is 37.2 Å². The number of hydrogen-bond donors (Lipinski definition) is 1. The standard InChI is InChI=1S/C16H21N3O6S/c1-3-24-14(22)11-4-6-19(7-5-11)13(21)8-25-15(23)12-9-26-16(18-12)17-10(2)20/h9,11H,3-8H2,1-2H3,(H,17,18,20). The second-order valence-electron chi connectivity index (χ2n) is 5.70. The highest BCUT2D eigenvalue weighted by Gasteiger charge is 2.28. The summed E-state index contributed by atoms with van der Waals surface area (Å²) in [6.07, 6.45) is 1.06. The molecule has 0 spiro atoms. The third kappa shape index (κ3) is 5.51. The van der Waals surface area contributed by atoms with Gasteiger partial charge in [-0.1, -0.05) is 0 Å². The van der Waals surface area contributed by atoms with E-state index >= 15 is 0 Å². The molecule has 1 fully saturated rings. The van der Waals surface area contributed by atoms with E-state index in [0.717, 1.165) is 11.3 Å². The summed E-state index contributed by atoms with van der Waals surface area (Å²) in [6, 6.07) is 0. The Bertz CT molecular complexity index is 681. The minimum atomic E-state index is -0.729. The Morgan fingerprint density at radius 1 is 1.27 bits per heavy atom. The number of carbonyl (C=O) groups excluding carboxylic acids is 4. The molecule has 10 heteroatoms. The van der Waals surface area contributed by atoms with Gasteiger partial charge in [-0.3, -0.25) is 14.4 Å². The van der Waals surface area contributed by atoms with Gasteiger partial charge in [0.1, 0.15) is 0 Å². The van der Waals surface area contributed by atoms with E-state index in [-0.39, 0.29) is 34.5 Å². The molecule has 1 aromatic heterocycles. The molecule has 26 heavy (non-hydrogen) atoms. The Hall–Kier alpha value is -2.49. The molecule has 0 bridgehead atoms. The third-order valence-corrected chi connectivity index (χ3v) is 4.55. The molecule has 1 aliphatic heterocycles. The molecule has 2 rings (SSSR count). The van der Waals surface area contributed by atoms with Gasteiger partial charge in [0, 0.05) is 25.4 Å². The van der Waals surface area contributed by atoms with Crippen LogP contribution in [-0.4, -0.2) is 59.9 Å². The van der Waals surface area contributed by atoms with E-state index in [9.17, 15) is 19.2 Å². The molecule has 1 aromatic rings. The molecule has 2 heterocycles. The summed E-state index contributed by atoms with van der Waals surface area (Å²) in [7, 11) is 0. The Kier molecular flexibility index (Phi) is 7.07. The predicted octanol–water partition coefficient (Wildman–Crippen LogP) is 1.06. The fraction of sp³-hybridized carbons (Fsp3) is 0.562. The lowest BCUT2D eigenvalue weighted by molar-refractivity contribution is -0.151. The monoisotopic (exact) mass is 383 g/mol.